The van der Waals surface area contributed by atoms with Crippen molar-refractivity contribution < 1.29 is 4.92 Å². The smallest absolute Gasteiger partial charge is 0.374 e. The van der Waals surface area contributed by atoms with Crippen LogP contribution < -0.4 is 5.32 Å². The van der Waals surface area contributed by atoms with Crippen molar-refractivity contribution in [2.75, 3.05) is 25.5 Å². The van der Waals surface area contributed by atoms with Crippen LogP contribution in [-0.4, -0.2) is 41.0 Å². The van der Waals surface area contributed by atoms with Crippen molar-refractivity contribution in [2.24, 2.45) is 0 Å². The molecule has 0 aromatic carbocycles. The molecule has 2 heterocycles. The number of rotatable bonds is 3. The van der Waals surface area contributed by atoms with E-state index in [0.717, 1.165) is 19.5 Å². The lowest BCUT2D eigenvalue weighted by Gasteiger charge is -2.13. The van der Waals surface area contributed by atoms with Gasteiger partial charge in [-0.1, -0.05) is 0 Å². The number of pyridine rings is 1. The van der Waals surface area contributed by atoms with Gasteiger partial charge in [-0.2, -0.15) is 0 Å². The fourth-order valence-corrected chi connectivity index (χ4v) is 1.93. The first-order valence-corrected chi connectivity index (χ1v) is 5.21. The molecule has 6 nitrogen and oxygen atoms in total. The summed E-state index contributed by atoms with van der Waals surface area (Å²) >= 11 is 0. The minimum absolute atomic E-state index is 0.1000. The summed E-state index contributed by atoms with van der Waals surface area (Å²) in [6, 6.07) is 3.67. The first-order valence-electron chi connectivity index (χ1n) is 5.21. The number of likely N-dealkylation sites (N-methyl/N-ethyl adjacent to an activating group) is 1. The Kier molecular flexibility index (Phi) is 3.00. The molecule has 0 saturated carbocycles. The predicted octanol–water partition coefficient (Wildman–Crippen LogP) is 1.11. The van der Waals surface area contributed by atoms with Crippen molar-refractivity contribution in [2.45, 2.75) is 12.5 Å². The molecule has 1 saturated heterocycles. The molecule has 1 aliphatic rings. The maximum Gasteiger partial charge on any atom is 0.386 e. The number of nitrogens with zero attached hydrogens (tertiary/aromatic N) is 3. The molecule has 0 spiro atoms. The monoisotopic (exact) mass is 222 g/mol. The Labute approximate surface area is 93.4 Å². The SMILES string of the molecule is CN1CCC(Nc2cccnc2[N+](=O)[O-])C1. The van der Waals surface area contributed by atoms with E-state index < -0.39 is 4.92 Å². The summed E-state index contributed by atoms with van der Waals surface area (Å²) in [6.07, 6.45) is 2.44. The molecular formula is C10H14N4O2. The molecule has 1 fully saturated rings. The van der Waals surface area contributed by atoms with Crippen LogP contribution in [0.4, 0.5) is 11.5 Å². The van der Waals surface area contributed by atoms with E-state index in [2.05, 4.69) is 15.2 Å². The van der Waals surface area contributed by atoms with Crippen molar-refractivity contribution in [3.05, 3.63) is 28.4 Å². The first-order chi connectivity index (χ1) is 7.66. The molecule has 0 bridgehead atoms. The highest BCUT2D eigenvalue weighted by atomic mass is 16.6. The van der Waals surface area contributed by atoms with Crippen molar-refractivity contribution in [1.29, 1.82) is 0 Å². The van der Waals surface area contributed by atoms with Gasteiger partial charge in [-0.3, -0.25) is 0 Å². The minimum atomic E-state index is -0.457. The molecule has 0 aliphatic carbocycles. The Morgan fingerprint density at radius 3 is 3.12 bits per heavy atom. The summed E-state index contributed by atoms with van der Waals surface area (Å²) in [4.78, 5) is 16.3. The van der Waals surface area contributed by atoms with Crippen LogP contribution in [0, 0.1) is 10.1 Å². The third-order valence-electron chi connectivity index (χ3n) is 2.71. The van der Waals surface area contributed by atoms with Crippen molar-refractivity contribution in [3.63, 3.8) is 0 Å². The Morgan fingerprint density at radius 1 is 1.69 bits per heavy atom. The second-order valence-corrected chi connectivity index (χ2v) is 4.02. The second kappa shape index (κ2) is 4.44. The minimum Gasteiger partial charge on any atom is -0.374 e. The molecule has 1 atom stereocenters. The molecule has 0 radical (unpaired) electrons. The lowest BCUT2D eigenvalue weighted by Crippen LogP contribution is -2.24. The summed E-state index contributed by atoms with van der Waals surface area (Å²) in [5.74, 6) is -0.1000. The summed E-state index contributed by atoms with van der Waals surface area (Å²) in [7, 11) is 2.04. The maximum atomic E-state index is 10.8. The highest BCUT2D eigenvalue weighted by Crippen LogP contribution is 2.22. The molecule has 2 rings (SSSR count). The summed E-state index contributed by atoms with van der Waals surface area (Å²) < 4.78 is 0. The van der Waals surface area contributed by atoms with E-state index in [4.69, 9.17) is 0 Å². The number of hydrogen-bond donors (Lipinski definition) is 1. The Hall–Kier alpha value is -1.69. The Bertz CT molecular complexity index is 396. The van der Waals surface area contributed by atoms with Gasteiger partial charge < -0.3 is 20.3 Å². The fourth-order valence-electron chi connectivity index (χ4n) is 1.93. The van der Waals surface area contributed by atoms with Gasteiger partial charge in [-0.15, -0.1) is 0 Å². The molecule has 16 heavy (non-hydrogen) atoms. The van der Waals surface area contributed by atoms with E-state index in [-0.39, 0.29) is 11.9 Å². The zero-order valence-corrected chi connectivity index (χ0v) is 9.09. The van der Waals surface area contributed by atoms with Crippen LogP contribution in [0.15, 0.2) is 18.3 Å². The number of nitro groups is 1. The van der Waals surface area contributed by atoms with E-state index in [1.54, 1.807) is 12.1 Å². The molecule has 6 heteroatoms. The summed E-state index contributed by atoms with van der Waals surface area (Å²) in [5, 5.41) is 13.9. The van der Waals surface area contributed by atoms with Gasteiger partial charge in [-0.05, 0) is 42.1 Å². The first kappa shape index (κ1) is 10.8. The summed E-state index contributed by atoms with van der Waals surface area (Å²) in [6.45, 7) is 1.93. The molecule has 1 N–H and O–H groups in total. The number of likely N-dealkylation sites (tertiary alicyclic amines) is 1. The molecule has 1 unspecified atom stereocenters. The van der Waals surface area contributed by atoms with Gasteiger partial charge in [-0.25, -0.2) is 0 Å². The number of hydrogen-bond acceptors (Lipinski definition) is 5. The zero-order valence-electron chi connectivity index (χ0n) is 9.09. The highest BCUT2D eigenvalue weighted by molar-refractivity contribution is 5.57. The van der Waals surface area contributed by atoms with Gasteiger partial charge in [0.15, 0.2) is 0 Å². The fraction of sp³-hybridized carbons (Fsp3) is 0.500. The average Bonchev–Trinajstić information content (AvgIpc) is 2.64. The van der Waals surface area contributed by atoms with E-state index in [1.165, 1.54) is 6.20 Å². The second-order valence-electron chi connectivity index (χ2n) is 4.02. The zero-order chi connectivity index (χ0) is 11.5. The Balaban J connectivity index is 2.12. The van der Waals surface area contributed by atoms with Crippen LogP contribution in [0.1, 0.15) is 6.42 Å². The Morgan fingerprint density at radius 2 is 2.50 bits per heavy atom. The number of aromatic nitrogens is 1. The lowest BCUT2D eigenvalue weighted by atomic mass is 10.2. The molecule has 0 amide bonds. The van der Waals surface area contributed by atoms with Gasteiger partial charge in [0.25, 0.3) is 0 Å². The van der Waals surface area contributed by atoms with Crippen LogP contribution in [0.25, 0.3) is 0 Å². The van der Waals surface area contributed by atoms with Crippen LogP contribution in [0.3, 0.4) is 0 Å². The van der Waals surface area contributed by atoms with Gasteiger partial charge in [0.05, 0.1) is 0 Å². The van der Waals surface area contributed by atoms with Gasteiger partial charge in [0.1, 0.15) is 11.9 Å². The third kappa shape index (κ3) is 2.27. The molecule has 1 aromatic heterocycles. The van der Waals surface area contributed by atoms with Gasteiger partial charge >= 0.3 is 5.82 Å². The predicted molar refractivity (Wildman–Crippen MR) is 60.4 cm³/mol. The lowest BCUT2D eigenvalue weighted by molar-refractivity contribution is -0.388. The van der Waals surface area contributed by atoms with Crippen molar-refractivity contribution in [1.82, 2.24) is 9.88 Å². The normalized spacial score (nSPS) is 20.9. The quantitative estimate of drug-likeness (QED) is 0.612. The van der Waals surface area contributed by atoms with Gasteiger partial charge in [0.2, 0.25) is 0 Å². The van der Waals surface area contributed by atoms with Crippen molar-refractivity contribution >= 4 is 11.5 Å². The van der Waals surface area contributed by atoms with Crippen LogP contribution >= 0.6 is 0 Å². The number of nitrogens with one attached hydrogen (secondary N) is 1. The average molecular weight is 222 g/mol. The van der Waals surface area contributed by atoms with E-state index >= 15 is 0 Å². The van der Waals surface area contributed by atoms with Crippen molar-refractivity contribution in [3.8, 4) is 0 Å². The van der Waals surface area contributed by atoms with E-state index in [9.17, 15) is 10.1 Å². The number of anilines is 1. The topological polar surface area (TPSA) is 71.3 Å². The van der Waals surface area contributed by atoms with E-state index in [1.807, 2.05) is 7.05 Å². The molecule has 1 aromatic rings. The maximum absolute atomic E-state index is 10.8. The third-order valence-corrected chi connectivity index (χ3v) is 2.71. The van der Waals surface area contributed by atoms with E-state index in [0.29, 0.717) is 5.69 Å². The largest absolute Gasteiger partial charge is 0.386 e. The highest BCUT2D eigenvalue weighted by Gasteiger charge is 2.22. The van der Waals surface area contributed by atoms with Crippen LogP contribution in [0.5, 0.6) is 0 Å². The van der Waals surface area contributed by atoms with Crippen LogP contribution in [0.2, 0.25) is 0 Å². The standard InChI is InChI=1S/C10H14N4O2/c1-13-6-4-8(7-13)12-9-3-2-5-11-10(9)14(15)16/h2-3,5,8,12H,4,6-7H2,1H3. The van der Waals surface area contributed by atoms with Gasteiger partial charge in [0, 0.05) is 12.6 Å². The molecule has 1 aliphatic heterocycles. The molecule has 86 valence electrons. The van der Waals surface area contributed by atoms with Crippen LogP contribution in [-0.2, 0) is 0 Å². The summed E-state index contributed by atoms with van der Waals surface area (Å²) in [5.41, 5.74) is 0.507. The molecular weight excluding hydrogens is 208 g/mol.